The summed E-state index contributed by atoms with van der Waals surface area (Å²) < 4.78 is 64.2. The average molecular weight is 466 g/mol. The lowest BCUT2D eigenvalue weighted by Crippen LogP contribution is -2.31. The van der Waals surface area contributed by atoms with Crippen LogP contribution in [0.4, 0.5) is 18.9 Å². The van der Waals surface area contributed by atoms with Crippen molar-refractivity contribution < 1.29 is 30.6 Å². The van der Waals surface area contributed by atoms with Crippen LogP contribution in [0.15, 0.2) is 6.07 Å². The zero-order chi connectivity index (χ0) is 18.2. The van der Waals surface area contributed by atoms with Crippen LogP contribution in [0.5, 0.6) is 5.88 Å². The number of alkyl halides is 3. The smallest absolute Gasteiger partial charge is 0.353 e. The monoisotopic (exact) mass is 466 g/mol. The van der Waals surface area contributed by atoms with Gasteiger partial charge >= 0.3 is 15.6 Å². The molecule has 6 nitrogen and oxygen atoms in total. The second kappa shape index (κ2) is 6.42. The minimum absolute atomic E-state index is 0.232. The number of anilines is 1. The Balaban J connectivity index is 3.35. The number of amides is 1. The molecule has 0 radical (unpaired) electrons. The quantitative estimate of drug-likeness (QED) is 0.420. The molecule has 1 rings (SSSR count). The van der Waals surface area contributed by atoms with E-state index in [1.54, 1.807) is 43.4 Å². The summed E-state index contributed by atoms with van der Waals surface area (Å²) in [4.78, 5) is 15.7. The van der Waals surface area contributed by atoms with Gasteiger partial charge in [0.1, 0.15) is 5.69 Å². The molecule has 0 atom stereocenters. The summed E-state index contributed by atoms with van der Waals surface area (Å²) in [6.07, 6.45) is 0. The van der Waals surface area contributed by atoms with Gasteiger partial charge < -0.3 is 9.50 Å². The van der Waals surface area contributed by atoms with E-state index in [1.165, 1.54) is 13.0 Å². The molecule has 23 heavy (non-hydrogen) atoms. The molecular formula is C12H14F3IN2O4S. The number of nitrogens with one attached hydrogen (secondary N) is 1. The highest BCUT2D eigenvalue weighted by atomic mass is 127. The third-order valence-electron chi connectivity index (χ3n) is 2.46. The summed E-state index contributed by atoms with van der Waals surface area (Å²) >= 11 is 1.73. The minimum atomic E-state index is -5.90. The molecule has 1 N–H and O–H groups in total. The van der Waals surface area contributed by atoms with E-state index in [1.807, 2.05) is 0 Å². The standard InChI is InChI=1S/C12H14F3IN2O4S/c1-6-5-7(16)8(18-10(19)11(2,3)4)9(17-6)22-23(20,21)12(13,14)15/h5H,1-4H3,(H,18,19). The topological polar surface area (TPSA) is 85.4 Å². The number of halogens is 4. The maximum absolute atomic E-state index is 12.5. The SMILES string of the molecule is Cc1cc(I)c(NC(=O)C(C)(C)C)c(OS(=O)(=O)C(F)(F)F)n1. The van der Waals surface area contributed by atoms with E-state index < -0.39 is 32.8 Å². The van der Waals surface area contributed by atoms with Gasteiger partial charge in [-0.15, -0.1) is 0 Å². The summed E-state index contributed by atoms with van der Waals surface area (Å²) in [5.41, 5.74) is -6.46. The predicted octanol–water partition coefficient (Wildman–Crippen LogP) is 3.21. The molecular weight excluding hydrogens is 452 g/mol. The number of carbonyl (C=O) groups is 1. The third kappa shape index (κ3) is 4.93. The molecule has 0 aromatic carbocycles. The lowest BCUT2D eigenvalue weighted by Gasteiger charge is -2.20. The van der Waals surface area contributed by atoms with Crippen molar-refractivity contribution in [3.05, 3.63) is 15.3 Å². The number of pyridine rings is 1. The molecule has 1 heterocycles. The Morgan fingerprint density at radius 2 is 1.83 bits per heavy atom. The van der Waals surface area contributed by atoms with E-state index in [4.69, 9.17) is 0 Å². The first-order chi connectivity index (χ1) is 10.1. The number of aryl methyl sites for hydroxylation is 1. The van der Waals surface area contributed by atoms with Gasteiger partial charge in [-0.25, -0.2) is 4.98 Å². The van der Waals surface area contributed by atoms with Gasteiger partial charge in [0.05, 0.1) is 0 Å². The van der Waals surface area contributed by atoms with Crippen molar-refractivity contribution in [2.24, 2.45) is 5.41 Å². The second-order valence-electron chi connectivity index (χ2n) is 5.61. The summed E-state index contributed by atoms with van der Waals surface area (Å²) in [5, 5.41) is 2.35. The van der Waals surface area contributed by atoms with E-state index >= 15 is 0 Å². The molecule has 0 bridgehead atoms. The van der Waals surface area contributed by atoms with Crippen molar-refractivity contribution >= 4 is 44.3 Å². The zero-order valence-corrected chi connectivity index (χ0v) is 15.6. The number of nitrogens with zero attached hydrogens (tertiary/aromatic N) is 1. The molecule has 0 aliphatic rings. The molecule has 130 valence electrons. The predicted molar refractivity (Wildman–Crippen MR) is 85.4 cm³/mol. The molecule has 0 aliphatic heterocycles. The summed E-state index contributed by atoms with van der Waals surface area (Å²) in [7, 11) is -5.90. The normalized spacial score (nSPS) is 12.9. The van der Waals surface area contributed by atoms with Crippen LogP contribution in [0.3, 0.4) is 0 Å². The first-order valence-electron chi connectivity index (χ1n) is 6.14. The van der Waals surface area contributed by atoms with Crippen molar-refractivity contribution in [3.8, 4) is 5.88 Å². The second-order valence-corrected chi connectivity index (χ2v) is 8.31. The molecule has 1 aromatic heterocycles. The highest BCUT2D eigenvalue weighted by Gasteiger charge is 2.49. The Morgan fingerprint density at radius 1 is 1.30 bits per heavy atom. The largest absolute Gasteiger partial charge is 0.534 e. The van der Waals surface area contributed by atoms with Crippen LogP contribution in [0.2, 0.25) is 0 Å². The van der Waals surface area contributed by atoms with Crippen LogP contribution in [-0.4, -0.2) is 24.8 Å². The van der Waals surface area contributed by atoms with Gasteiger partial charge in [-0.1, -0.05) is 20.8 Å². The fourth-order valence-corrected chi connectivity index (χ4v) is 2.47. The molecule has 0 spiro atoms. The van der Waals surface area contributed by atoms with Crippen LogP contribution < -0.4 is 9.50 Å². The Bertz CT molecular complexity index is 727. The molecule has 11 heteroatoms. The minimum Gasteiger partial charge on any atom is -0.353 e. The number of hydrogen-bond donors (Lipinski definition) is 1. The van der Waals surface area contributed by atoms with Crippen LogP contribution in [0, 0.1) is 15.9 Å². The molecule has 0 fully saturated rings. The number of rotatable bonds is 3. The van der Waals surface area contributed by atoms with Crippen LogP contribution in [-0.2, 0) is 14.9 Å². The fourth-order valence-electron chi connectivity index (χ4n) is 1.23. The number of carbonyl (C=O) groups excluding carboxylic acids is 1. The van der Waals surface area contributed by atoms with Gasteiger partial charge in [-0.2, -0.15) is 21.6 Å². The van der Waals surface area contributed by atoms with E-state index in [0.717, 1.165) is 0 Å². The highest BCUT2D eigenvalue weighted by molar-refractivity contribution is 14.1. The van der Waals surface area contributed by atoms with E-state index in [0.29, 0.717) is 3.57 Å². The molecule has 0 unspecified atom stereocenters. The first-order valence-corrected chi connectivity index (χ1v) is 8.63. The van der Waals surface area contributed by atoms with Gasteiger partial charge in [0, 0.05) is 14.7 Å². The zero-order valence-electron chi connectivity index (χ0n) is 12.6. The molecule has 1 aromatic rings. The van der Waals surface area contributed by atoms with Crippen LogP contribution in [0.1, 0.15) is 26.5 Å². The van der Waals surface area contributed by atoms with Crippen molar-refractivity contribution in [1.29, 1.82) is 0 Å². The fraction of sp³-hybridized carbons (Fsp3) is 0.500. The van der Waals surface area contributed by atoms with E-state index in [2.05, 4.69) is 14.5 Å². The molecule has 0 aliphatic carbocycles. The van der Waals surface area contributed by atoms with Gasteiger partial charge in [-0.05, 0) is 35.6 Å². The Hall–Kier alpha value is -1.11. The Kier molecular flexibility index (Phi) is 5.56. The van der Waals surface area contributed by atoms with Gasteiger partial charge in [-0.3, -0.25) is 4.79 Å². The van der Waals surface area contributed by atoms with Crippen LogP contribution in [0.25, 0.3) is 0 Å². The maximum atomic E-state index is 12.5. The third-order valence-corrected chi connectivity index (χ3v) is 4.25. The molecule has 0 saturated heterocycles. The Labute approximate surface area is 145 Å². The number of hydrogen-bond acceptors (Lipinski definition) is 5. The molecule has 0 saturated carbocycles. The van der Waals surface area contributed by atoms with Gasteiger partial charge in [0.2, 0.25) is 5.91 Å². The summed E-state index contributed by atoms with van der Waals surface area (Å²) in [6.45, 7) is 6.21. The summed E-state index contributed by atoms with van der Waals surface area (Å²) in [6, 6.07) is 1.46. The van der Waals surface area contributed by atoms with Crippen LogP contribution >= 0.6 is 22.6 Å². The van der Waals surface area contributed by atoms with Crippen molar-refractivity contribution in [3.63, 3.8) is 0 Å². The summed E-state index contributed by atoms with van der Waals surface area (Å²) in [5.74, 6) is -1.36. The van der Waals surface area contributed by atoms with E-state index in [9.17, 15) is 26.4 Å². The lowest BCUT2D eigenvalue weighted by atomic mass is 9.95. The van der Waals surface area contributed by atoms with Crippen molar-refractivity contribution in [1.82, 2.24) is 4.98 Å². The van der Waals surface area contributed by atoms with Gasteiger partial charge in [0.25, 0.3) is 5.88 Å². The van der Waals surface area contributed by atoms with Gasteiger partial charge in [0.15, 0.2) is 0 Å². The first kappa shape index (κ1) is 19.9. The van der Waals surface area contributed by atoms with Crippen molar-refractivity contribution in [2.45, 2.75) is 33.2 Å². The highest BCUT2D eigenvalue weighted by Crippen LogP contribution is 2.34. The lowest BCUT2D eigenvalue weighted by molar-refractivity contribution is -0.123. The van der Waals surface area contributed by atoms with Crippen molar-refractivity contribution in [2.75, 3.05) is 5.32 Å². The maximum Gasteiger partial charge on any atom is 0.534 e. The average Bonchev–Trinajstić information content (AvgIpc) is 2.29. The molecule has 1 amide bonds. The number of aromatic nitrogens is 1. The Morgan fingerprint density at radius 3 is 2.26 bits per heavy atom. The van der Waals surface area contributed by atoms with E-state index in [-0.39, 0.29) is 11.4 Å².